The van der Waals surface area contributed by atoms with Crippen LogP contribution in [0.1, 0.15) is 39.0 Å². The van der Waals surface area contributed by atoms with Crippen LogP contribution in [0.4, 0.5) is 4.79 Å². The predicted molar refractivity (Wildman–Crippen MR) is 73.0 cm³/mol. The van der Waals surface area contributed by atoms with E-state index in [9.17, 15) is 9.59 Å². The van der Waals surface area contributed by atoms with Crippen LogP contribution in [-0.2, 0) is 4.79 Å². The minimum atomic E-state index is -0.961. The molecule has 0 aromatic carbocycles. The second-order valence-corrected chi connectivity index (χ2v) is 5.71. The minimum absolute atomic E-state index is 0.171. The third-order valence-electron chi connectivity index (χ3n) is 2.95. The van der Waals surface area contributed by atoms with E-state index in [-0.39, 0.29) is 12.1 Å². The van der Waals surface area contributed by atoms with Crippen LogP contribution in [0.2, 0.25) is 0 Å². The fourth-order valence-electron chi connectivity index (χ4n) is 1.91. The number of carboxylic acid groups (broad SMARTS) is 1. The summed E-state index contributed by atoms with van der Waals surface area (Å²) in [4.78, 5) is 22.7. The lowest BCUT2D eigenvalue weighted by atomic mass is 10.1. The van der Waals surface area contributed by atoms with E-state index in [1.807, 2.05) is 18.7 Å². The van der Waals surface area contributed by atoms with Crippen molar-refractivity contribution < 1.29 is 14.7 Å². The molecule has 1 aliphatic heterocycles. The summed E-state index contributed by atoms with van der Waals surface area (Å²) >= 11 is 1.83. The summed E-state index contributed by atoms with van der Waals surface area (Å²) in [7, 11) is 0. The van der Waals surface area contributed by atoms with Crippen molar-refractivity contribution in [3.8, 4) is 0 Å². The van der Waals surface area contributed by atoms with Crippen molar-refractivity contribution >= 4 is 23.8 Å². The smallest absolute Gasteiger partial charge is 0.326 e. The molecule has 0 saturated carbocycles. The molecule has 1 aliphatic rings. The second kappa shape index (κ2) is 8.24. The summed E-state index contributed by atoms with van der Waals surface area (Å²) in [5.74, 6) is 1.10. The SMILES string of the molecule is CCCC[C@H](NC(=O)NC1CCCSC1)C(=O)O. The highest BCUT2D eigenvalue weighted by Crippen LogP contribution is 2.16. The van der Waals surface area contributed by atoms with Crippen molar-refractivity contribution in [2.45, 2.75) is 51.1 Å². The van der Waals surface area contributed by atoms with E-state index in [0.717, 1.165) is 37.2 Å². The zero-order chi connectivity index (χ0) is 13.4. The average molecular weight is 274 g/mol. The zero-order valence-corrected chi connectivity index (χ0v) is 11.6. The number of urea groups is 1. The third-order valence-corrected chi connectivity index (χ3v) is 4.16. The van der Waals surface area contributed by atoms with Crippen molar-refractivity contribution in [3.63, 3.8) is 0 Å². The summed E-state index contributed by atoms with van der Waals surface area (Å²) in [6, 6.07) is -0.962. The van der Waals surface area contributed by atoms with E-state index in [1.165, 1.54) is 0 Å². The second-order valence-electron chi connectivity index (χ2n) is 4.56. The van der Waals surface area contributed by atoms with E-state index >= 15 is 0 Å². The molecule has 0 aliphatic carbocycles. The molecule has 0 aromatic heterocycles. The van der Waals surface area contributed by atoms with Crippen molar-refractivity contribution in [2.75, 3.05) is 11.5 Å². The Kier molecular flexibility index (Phi) is 6.93. The lowest BCUT2D eigenvalue weighted by Crippen LogP contribution is -2.50. The van der Waals surface area contributed by atoms with Gasteiger partial charge < -0.3 is 15.7 Å². The van der Waals surface area contributed by atoms with Gasteiger partial charge in [-0.15, -0.1) is 0 Å². The Balaban J connectivity index is 2.32. The first kappa shape index (κ1) is 15.1. The first-order valence-electron chi connectivity index (χ1n) is 6.51. The van der Waals surface area contributed by atoms with Gasteiger partial charge in [-0.25, -0.2) is 9.59 Å². The molecule has 3 N–H and O–H groups in total. The van der Waals surface area contributed by atoms with Gasteiger partial charge >= 0.3 is 12.0 Å². The predicted octanol–water partition coefficient (Wildman–Crippen LogP) is 1.82. The molecular formula is C12H22N2O3S. The Bertz CT molecular complexity index is 280. The van der Waals surface area contributed by atoms with Gasteiger partial charge in [0.25, 0.3) is 0 Å². The molecule has 0 radical (unpaired) electrons. The molecule has 5 nitrogen and oxygen atoms in total. The number of nitrogens with one attached hydrogen (secondary N) is 2. The van der Waals surface area contributed by atoms with Crippen LogP contribution in [0.25, 0.3) is 0 Å². The zero-order valence-electron chi connectivity index (χ0n) is 10.8. The highest BCUT2D eigenvalue weighted by atomic mass is 32.2. The highest BCUT2D eigenvalue weighted by molar-refractivity contribution is 7.99. The Labute approximate surface area is 112 Å². The van der Waals surface area contributed by atoms with Gasteiger partial charge in [-0.1, -0.05) is 19.8 Å². The monoisotopic (exact) mass is 274 g/mol. The Morgan fingerprint density at radius 1 is 1.50 bits per heavy atom. The van der Waals surface area contributed by atoms with Crippen LogP contribution in [0.15, 0.2) is 0 Å². The molecule has 1 saturated heterocycles. The molecule has 0 bridgehead atoms. The van der Waals surface area contributed by atoms with Crippen LogP contribution in [-0.4, -0.2) is 40.7 Å². The van der Waals surface area contributed by atoms with Crippen molar-refractivity contribution in [1.29, 1.82) is 0 Å². The number of unbranched alkanes of at least 4 members (excludes halogenated alkanes) is 1. The van der Waals surface area contributed by atoms with E-state index in [2.05, 4.69) is 10.6 Å². The molecular weight excluding hydrogens is 252 g/mol. The number of rotatable bonds is 6. The number of hydrogen-bond acceptors (Lipinski definition) is 3. The molecule has 6 heteroatoms. The molecule has 1 heterocycles. The maximum Gasteiger partial charge on any atom is 0.326 e. The van der Waals surface area contributed by atoms with Gasteiger partial charge in [-0.05, 0) is 25.0 Å². The van der Waals surface area contributed by atoms with E-state index in [0.29, 0.717) is 6.42 Å². The molecule has 18 heavy (non-hydrogen) atoms. The lowest BCUT2D eigenvalue weighted by Gasteiger charge is -2.23. The third kappa shape index (κ3) is 5.62. The van der Waals surface area contributed by atoms with Gasteiger partial charge in [0, 0.05) is 11.8 Å². The molecule has 1 fully saturated rings. The molecule has 0 spiro atoms. The summed E-state index contributed by atoms with van der Waals surface area (Å²) in [6.45, 7) is 2.00. The van der Waals surface area contributed by atoms with Crippen molar-refractivity contribution in [2.24, 2.45) is 0 Å². The molecule has 104 valence electrons. The molecule has 1 rings (SSSR count). The molecule has 2 atom stereocenters. The van der Waals surface area contributed by atoms with Crippen LogP contribution in [0.3, 0.4) is 0 Å². The molecule has 1 unspecified atom stereocenters. The number of aliphatic carboxylic acids is 1. The van der Waals surface area contributed by atoms with Crippen molar-refractivity contribution in [1.82, 2.24) is 10.6 Å². The summed E-state index contributed by atoms with van der Waals surface area (Å²) in [5, 5.41) is 14.4. The number of carbonyl (C=O) groups is 2. The normalized spacial score (nSPS) is 21.1. The summed E-state index contributed by atoms with van der Waals surface area (Å²) in [5.41, 5.74) is 0. The quantitative estimate of drug-likeness (QED) is 0.690. The Morgan fingerprint density at radius 2 is 2.28 bits per heavy atom. The summed E-state index contributed by atoms with van der Waals surface area (Å²) in [6.07, 6.45) is 4.29. The number of carboxylic acids is 1. The fourth-order valence-corrected chi connectivity index (χ4v) is 2.98. The lowest BCUT2D eigenvalue weighted by molar-refractivity contribution is -0.139. The van der Waals surface area contributed by atoms with Crippen LogP contribution in [0.5, 0.6) is 0 Å². The first-order valence-corrected chi connectivity index (χ1v) is 7.66. The number of thioether (sulfide) groups is 1. The average Bonchev–Trinajstić information content (AvgIpc) is 2.35. The highest BCUT2D eigenvalue weighted by Gasteiger charge is 2.21. The summed E-state index contributed by atoms with van der Waals surface area (Å²) < 4.78 is 0. The van der Waals surface area contributed by atoms with Crippen LogP contribution < -0.4 is 10.6 Å². The maximum atomic E-state index is 11.7. The van der Waals surface area contributed by atoms with Gasteiger partial charge in [0.2, 0.25) is 0 Å². The van der Waals surface area contributed by atoms with Crippen molar-refractivity contribution in [3.05, 3.63) is 0 Å². The van der Waals surface area contributed by atoms with Gasteiger partial charge in [0.1, 0.15) is 6.04 Å². The van der Waals surface area contributed by atoms with Gasteiger partial charge in [0.05, 0.1) is 0 Å². The largest absolute Gasteiger partial charge is 0.480 e. The maximum absolute atomic E-state index is 11.7. The first-order chi connectivity index (χ1) is 8.63. The minimum Gasteiger partial charge on any atom is -0.480 e. The van der Waals surface area contributed by atoms with E-state index in [1.54, 1.807) is 0 Å². The Hall–Kier alpha value is -0.910. The van der Waals surface area contributed by atoms with Gasteiger partial charge in [0.15, 0.2) is 0 Å². The van der Waals surface area contributed by atoms with E-state index < -0.39 is 12.0 Å². The number of carbonyl (C=O) groups excluding carboxylic acids is 1. The number of hydrogen-bond donors (Lipinski definition) is 3. The Morgan fingerprint density at radius 3 is 2.83 bits per heavy atom. The van der Waals surface area contributed by atoms with Gasteiger partial charge in [-0.2, -0.15) is 11.8 Å². The molecule has 2 amide bonds. The van der Waals surface area contributed by atoms with E-state index in [4.69, 9.17) is 5.11 Å². The topological polar surface area (TPSA) is 78.4 Å². The van der Waals surface area contributed by atoms with Crippen LogP contribution >= 0.6 is 11.8 Å². The van der Waals surface area contributed by atoms with Crippen LogP contribution in [0, 0.1) is 0 Å². The van der Waals surface area contributed by atoms with Gasteiger partial charge in [-0.3, -0.25) is 0 Å². The molecule has 0 aromatic rings. The number of amides is 2. The fraction of sp³-hybridized carbons (Fsp3) is 0.833. The standard InChI is InChI=1S/C12H22N2O3S/c1-2-3-6-10(11(15)16)14-12(17)13-9-5-4-7-18-8-9/h9-10H,2-8H2,1H3,(H,15,16)(H2,13,14,17)/t9?,10-/m0/s1.